The van der Waals surface area contributed by atoms with E-state index in [-0.39, 0.29) is 87.3 Å². The predicted octanol–water partition coefficient (Wildman–Crippen LogP) is 13.8. The monoisotopic (exact) mass is 2140 g/mol. The predicted molar refractivity (Wildman–Crippen MR) is 538 cm³/mol. The summed E-state index contributed by atoms with van der Waals surface area (Å²) in [4.78, 5) is 134. The first-order chi connectivity index (χ1) is 65.9. The third-order valence-corrected chi connectivity index (χ3v) is 26.3. The third-order valence-electron chi connectivity index (χ3n) is 23.7. The Morgan fingerprint density at radius 3 is 1.02 bits per heavy atom. The lowest BCUT2D eigenvalue weighted by Crippen LogP contribution is -2.43. The Bertz CT molecular complexity index is 6840. The molecule has 0 unspecified atom stereocenters. The fourth-order valence-corrected chi connectivity index (χ4v) is 19.7. The molecule has 38 nitrogen and oxygen atoms in total. The van der Waals surface area contributed by atoms with Crippen molar-refractivity contribution in [1.82, 2.24) is 84.4 Å². The van der Waals surface area contributed by atoms with Crippen molar-refractivity contribution in [1.29, 1.82) is 0 Å². The number of piperidine rings is 5. The molecule has 714 valence electrons. The average molecular weight is 2150 g/mol. The van der Waals surface area contributed by atoms with Crippen LogP contribution in [0.5, 0.6) is 0 Å². The number of carbonyl (C=O) groups excluding carboxylic acids is 5. The number of halogens is 8. The largest absolute Gasteiger partial charge is 0.419 e. The minimum atomic E-state index is -4.60. The molecule has 5 atom stereocenters. The summed E-state index contributed by atoms with van der Waals surface area (Å²) in [6, 6.07) is 16.4. The number of fused-ring (bicyclic) bond motifs is 5. The van der Waals surface area contributed by atoms with E-state index >= 15 is 0 Å². The number of amides is 5. The number of pyridine rings is 8. The molecule has 5 saturated heterocycles. The summed E-state index contributed by atoms with van der Waals surface area (Å²) in [6.45, 7) is 9.34. The number of H-pyrrole nitrogens is 5. The van der Waals surface area contributed by atoms with Crippen LogP contribution in [0.4, 0.5) is 70.0 Å². The highest BCUT2D eigenvalue weighted by Gasteiger charge is 2.39. The van der Waals surface area contributed by atoms with Gasteiger partial charge in [-0.1, -0.05) is 23.7 Å². The van der Waals surface area contributed by atoms with Crippen LogP contribution in [0.3, 0.4) is 0 Å². The first kappa shape index (κ1) is 97.2. The van der Waals surface area contributed by atoms with Gasteiger partial charge in [0.1, 0.15) is 51.0 Å². The fraction of sp³-hybridized carbons (Fsp3) is 0.319. The van der Waals surface area contributed by atoms with Crippen LogP contribution in [0.15, 0.2) is 170 Å². The standard InChI is InChI=1S/C19H21BrN6O.C19H19F3N6O.C18H18BrClN6O.C18H20BrN7O2.C17H20BrN7O/c1-11-4-5-14(22-7-11)19(27)25-15-9-24-18-16(15)17(13(20)8-23-18)26-6-2-3-12(21)10-26;20-19(21,22)12-8-25-17-15(16(12)28-7-3-4-11(23)10-28)14(9-26-17)27-18(29)13-5-1-2-6-24-13;19-12-7-23-17-15(16(12)26-5-1-2-11(21)9-26)14(8-24-17)25-18(27)13-4-3-10(20)6-22-13;1-25-14(27)5-4-12(24-25)18(28)23-13-8-22-17-15(13)16(11(19)7-21-17)26-6-2-3-10(20)9-26;1-24-6-4-12(23-24)17(26)22-13-8-21-16-14(13)15(11(18)7-20-16)25-5-2-3-10(19)9-25/h4-5,7-9,12H,2-3,6,10,21H2,1H3,(H,23,24)(H,25,27);1-2,5-6,8-9,11H,3-4,7,10,23H2,(H,25,26)(H,27,29);3-4,6-8,11H,1-2,5,9,21H2,(H,23,24)(H,25,27);4-5,7-8,10H,2-3,6,9,20H2,1H3,(H,21,22)(H,23,28);4,6-8,10H,2-3,5,9,19H2,1H3,(H,20,21)(H,22,26)/t12-;2*11-;2*10-/m11111/s1. The van der Waals surface area contributed by atoms with E-state index in [0.717, 1.165) is 200 Å². The van der Waals surface area contributed by atoms with Crippen molar-refractivity contribution in [3.05, 3.63) is 220 Å². The zero-order chi connectivity index (χ0) is 96.6. The van der Waals surface area contributed by atoms with Crippen molar-refractivity contribution in [2.24, 2.45) is 42.8 Å². The number of aromatic amines is 5. The summed E-state index contributed by atoms with van der Waals surface area (Å²) in [5.41, 5.74) is 41.7. The van der Waals surface area contributed by atoms with Crippen molar-refractivity contribution in [2.75, 3.05) is 117 Å². The van der Waals surface area contributed by atoms with Gasteiger partial charge >= 0.3 is 6.18 Å². The normalized spacial score (nSPS) is 17.4. The van der Waals surface area contributed by atoms with Crippen molar-refractivity contribution >= 4 is 217 Å². The van der Waals surface area contributed by atoms with Crippen molar-refractivity contribution in [2.45, 2.75) is 108 Å². The second-order valence-electron chi connectivity index (χ2n) is 33.8. The molecular formula is C91H98Br4ClF3N32O6. The Kier molecular flexibility index (Phi) is 30.4. The smallest absolute Gasteiger partial charge is 0.369 e. The Balaban J connectivity index is 0.000000124. The van der Waals surface area contributed by atoms with E-state index in [2.05, 4.69) is 185 Å². The molecule has 20 rings (SSSR count). The minimum absolute atomic E-state index is 0.0183. The van der Waals surface area contributed by atoms with Crippen LogP contribution in [0.25, 0.3) is 55.2 Å². The van der Waals surface area contributed by atoms with E-state index in [1.54, 1.807) is 115 Å². The number of nitrogens with two attached hydrogens (primary N) is 5. The first-order valence-electron chi connectivity index (χ1n) is 44.1. The van der Waals surface area contributed by atoms with Crippen LogP contribution in [0.1, 0.15) is 128 Å². The van der Waals surface area contributed by atoms with Crippen LogP contribution in [-0.4, -0.2) is 210 Å². The molecule has 15 aromatic heterocycles. The van der Waals surface area contributed by atoms with Crippen molar-refractivity contribution in [3.8, 4) is 0 Å². The lowest BCUT2D eigenvalue weighted by atomic mass is 10.0. The van der Waals surface area contributed by atoms with Gasteiger partial charge in [0, 0.05) is 203 Å². The number of anilines is 10. The van der Waals surface area contributed by atoms with Crippen LogP contribution in [0.2, 0.25) is 5.02 Å². The molecule has 0 radical (unpaired) electrons. The highest BCUT2D eigenvalue weighted by Crippen LogP contribution is 2.47. The van der Waals surface area contributed by atoms with Gasteiger partial charge in [-0.25, -0.2) is 34.6 Å². The van der Waals surface area contributed by atoms with E-state index in [9.17, 15) is 41.9 Å². The highest BCUT2D eigenvalue weighted by atomic mass is 79.9. The molecule has 20 heterocycles. The molecule has 5 amide bonds. The van der Waals surface area contributed by atoms with Crippen LogP contribution >= 0.6 is 75.3 Å². The summed E-state index contributed by atoms with van der Waals surface area (Å²) in [7, 11) is 3.28. The van der Waals surface area contributed by atoms with Crippen LogP contribution < -0.4 is 85.3 Å². The summed E-state index contributed by atoms with van der Waals surface area (Å²) < 4.78 is 47.6. The zero-order valence-electron chi connectivity index (χ0n) is 74.3. The van der Waals surface area contributed by atoms with Gasteiger partial charge in [0.05, 0.1) is 112 Å². The molecule has 0 aromatic carbocycles. The number of hydrogen-bond donors (Lipinski definition) is 15. The second-order valence-corrected chi connectivity index (χ2v) is 37.7. The molecule has 137 heavy (non-hydrogen) atoms. The number of carbonyl (C=O) groups is 5. The molecule has 46 heteroatoms. The Labute approximate surface area is 819 Å². The third kappa shape index (κ3) is 22.5. The van der Waals surface area contributed by atoms with Crippen LogP contribution in [0, 0.1) is 6.92 Å². The highest BCUT2D eigenvalue weighted by molar-refractivity contribution is 9.11. The fourth-order valence-electron chi connectivity index (χ4n) is 17.3. The van der Waals surface area contributed by atoms with Crippen molar-refractivity contribution in [3.63, 3.8) is 0 Å². The lowest BCUT2D eigenvalue weighted by Gasteiger charge is -2.34. The van der Waals surface area contributed by atoms with Gasteiger partial charge in [-0.15, -0.1) is 0 Å². The molecule has 0 bridgehead atoms. The summed E-state index contributed by atoms with van der Waals surface area (Å²) in [6.07, 6.45) is 27.6. The molecule has 5 aliphatic heterocycles. The summed E-state index contributed by atoms with van der Waals surface area (Å²) >= 11 is 20.3. The average Bonchev–Trinajstić information content (AvgIpc) is 1.59. The molecule has 20 N–H and O–H groups in total. The maximum absolute atomic E-state index is 13.8. The minimum Gasteiger partial charge on any atom is -0.369 e. The van der Waals surface area contributed by atoms with E-state index in [4.69, 9.17) is 40.3 Å². The number of hydrogen-bond acceptors (Lipinski definition) is 26. The number of nitrogens with zero attached hydrogens (tertiary/aromatic N) is 17. The van der Waals surface area contributed by atoms with Gasteiger partial charge in [0.2, 0.25) is 0 Å². The van der Waals surface area contributed by atoms with Crippen LogP contribution in [-0.2, 0) is 20.3 Å². The van der Waals surface area contributed by atoms with Gasteiger partial charge in [-0.3, -0.25) is 43.4 Å². The summed E-state index contributed by atoms with van der Waals surface area (Å²) in [5, 5.41) is 26.6. The molecule has 0 aliphatic carbocycles. The zero-order valence-corrected chi connectivity index (χ0v) is 81.4. The van der Waals surface area contributed by atoms with E-state index < -0.39 is 23.6 Å². The summed E-state index contributed by atoms with van der Waals surface area (Å²) in [5.74, 6) is -1.75. The Morgan fingerprint density at radius 2 is 0.715 bits per heavy atom. The van der Waals surface area contributed by atoms with E-state index in [0.29, 0.717) is 75.7 Å². The Hall–Kier alpha value is -12.9. The molecule has 15 aromatic rings. The molecular weight excluding hydrogens is 2050 g/mol. The number of nitrogens with one attached hydrogen (secondary N) is 10. The van der Waals surface area contributed by atoms with Gasteiger partial charge < -0.3 is 105 Å². The van der Waals surface area contributed by atoms with E-state index in [1.165, 1.54) is 43.8 Å². The van der Waals surface area contributed by atoms with Gasteiger partial charge in [0.25, 0.3) is 35.1 Å². The van der Waals surface area contributed by atoms with Crippen molar-refractivity contribution < 1.29 is 37.1 Å². The number of aryl methyl sites for hydroxylation is 3. The topological polar surface area (TPSA) is 527 Å². The molecule has 5 fully saturated rings. The molecule has 0 saturated carbocycles. The maximum atomic E-state index is 13.8. The van der Waals surface area contributed by atoms with E-state index in [1.807, 2.05) is 13.0 Å². The number of rotatable bonds is 15. The molecule has 0 spiro atoms. The lowest BCUT2D eigenvalue weighted by molar-refractivity contribution is -0.137. The maximum Gasteiger partial charge on any atom is 0.419 e. The number of alkyl halides is 3. The SMILES string of the molecule is Cc1ccc(C(=O)Nc2c[nH]c3ncc(Br)c(N4CCC[C@@H](N)C4)c23)nc1.Cn1ccc(C(=O)Nc2c[nH]c3ncc(Br)c(N4CCC[C@@H](N)C4)c23)n1.Cn1nc(C(=O)Nc2c[nH]c3ncc(Br)c(N4CCC[C@@H](N)C4)c23)ccc1=O.N[C@@H]1CCCN(c2c(Br)cnc3[nH]cc(NC(=O)c4ccc(Cl)cn4)c23)C1.N[C@@H]1CCCN(c2c(C(F)(F)F)cnc3[nH]cc(NC(=O)c4ccccn4)c23)C1. The Morgan fingerprint density at radius 1 is 0.394 bits per heavy atom. The van der Waals surface area contributed by atoms with Gasteiger partial charge in [0.15, 0.2) is 5.69 Å². The molecule has 5 aliphatic rings. The quantitative estimate of drug-likeness (QED) is 0.0453. The van der Waals surface area contributed by atoms with Gasteiger partial charge in [-0.05, 0) is 183 Å². The first-order valence-corrected chi connectivity index (χ1v) is 47.7. The number of aromatic nitrogens is 17. The van der Waals surface area contributed by atoms with Gasteiger partial charge in [-0.2, -0.15) is 23.4 Å². The second kappa shape index (κ2) is 42.8.